The molecule has 0 aromatic rings. The second-order valence-electron chi connectivity index (χ2n) is 5.62. The van der Waals surface area contributed by atoms with E-state index in [0.29, 0.717) is 6.54 Å². The molecule has 0 saturated carbocycles. The van der Waals surface area contributed by atoms with Gasteiger partial charge in [-0.15, -0.1) is 0 Å². The lowest BCUT2D eigenvalue weighted by Crippen LogP contribution is -2.47. The molecule has 0 radical (unpaired) electrons. The van der Waals surface area contributed by atoms with Gasteiger partial charge in [0.05, 0.1) is 0 Å². The Morgan fingerprint density at radius 3 is 2.67 bits per heavy atom. The van der Waals surface area contributed by atoms with Crippen LogP contribution in [0.4, 0.5) is 4.79 Å². The van der Waals surface area contributed by atoms with E-state index in [1.54, 1.807) is 0 Å². The number of carbonyl (C=O) groups excluding carboxylic acids is 1. The number of alkyl carbamates (subject to hydrolysis) is 1. The van der Waals surface area contributed by atoms with E-state index in [1.165, 1.54) is 13.5 Å². The van der Waals surface area contributed by atoms with Crippen molar-refractivity contribution in [2.45, 2.75) is 43.4 Å². The number of carbonyl (C=O) groups is 1. The maximum absolute atomic E-state index is 11.0. The van der Waals surface area contributed by atoms with E-state index >= 15 is 0 Å². The Bertz CT molecular complexity index is 363. The van der Waals surface area contributed by atoms with Gasteiger partial charge in [0.15, 0.2) is 0 Å². The summed E-state index contributed by atoms with van der Waals surface area (Å²) in [6, 6.07) is 0. The van der Waals surface area contributed by atoms with Gasteiger partial charge in [-0.2, -0.15) is 0 Å². The summed E-state index contributed by atoms with van der Waals surface area (Å²) in [7, 11) is 1.38. The van der Waals surface area contributed by atoms with Crippen LogP contribution in [0.15, 0.2) is 0 Å². The van der Waals surface area contributed by atoms with Gasteiger partial charge < -0.3 is 35.0 Å². The van der Waals surface area contributed by atoms with Gasteiger partial charge in [-0.05, 0) is 25.9 Å². The standard InChI is InChI=1S/C13H24N2O6/c1-14-12(18)20-8-13(19)11(17)10(16)9(21-13)7-15-5-3-2-4-6-15/h9-11,16-17,19H,2-8H2,1H3,(H,14,18)/t9-,10+,11-,13+/m0/s1. The summed E-state index contributed by atoms with van der Waals surface area (Å²) in [5.74, 6) is -2.08. The van der Waals surface area contributed by atoms with Gasteiger partial charge in [-0.1, -0.05) is 6.42 Å². The zero-order chi connectivity index (χ0) is 15.5. The minimum absolute atomic E-state index is 0.431. The minimum Gasteiger partial charge on any atom is -0.444 e. The lowest BCUT2D eigenvalue weighted by molar-refractivity contribution is -0.246. The van der Waals surface area contributed by atoms with Gasteiger partial charge in [-0.25, -0.2) is 4.79 Å². The number of amides is 1. The van der Waals surface area contributed by atoms with Gasteiger partial charge in [0.25, 0.3) is 0 Å². The van der Waals surface area contributed by atoms with E-state index in [4.69, 9.17) is 9.47 Å². The van der Waals surface area contributed by atoms with E-state index in [0.717, 1.165) is 25.9 Å². The smallest absolute Gasteiger partial charge is 0.407 e. The van der Waals surface area contributed by atoms with Crippen LogP contribution in [-0.4, -0.2) is 83.7 Å². The van der Waals surface area contributed by atoms with E-state index in [-0.39, 0.29) is 0 Å². The summed E-state index contributed by atoms with van der Waals surface area (Å²) in [6.07, 6.45) is -0.811. The van der Waals surface area contributed by atoms with Crippen molar-refractivity contribution in [2.24, 2.45) is 0 Å². The number of likely N-dealkylation sites (tertiary alicyclic amines) is 1. The van der Waals surface area contributed by atoms with Crippen molar-refractivity contribution in [1.82, 2.24) is 10.2 Å². The Kier molecular flexibility index (Phi) is 5.39. The monoisotopic (exact) mass is 304 g/mol. The SMILES string of the molecule is CNC(=O)OC[C@@]1(O)O[C@@H](CN2CCCCC2)[C@@H](O)[C@@H]1O. The minimum atomic E-state index is -2.08. The van der Waals surface area contributed by atoms with Crippen molar-refractivity contribution in [3.63, 3.8) is 0 Å². The highest BCUT2D eigenvalue weighted by atomic mass is 16.7. The second kappa shape index (κ2) is 6.89. The highest BCUT2D eigenvalue weighted by molar-refractivity contribution is 5.66. The summed E-state index contributed by atoms with van der Waals surface area (Å²) < 4.78 is 10.1. The molecule has 122 valence electrons. The first-order valence-electron chi connectivity index (χ1n) is 7.29. The largest absolute Gasteiger partial charge is 0.444 e. The number of nitrogens with zero attached hydrogens (tertiary/aromatic N) is 1. The fourth-order valence-corrected chi connectivity index (χ4v) is 2.77. The van der Waals surface area contributed by atoms with Crippen molar-refractivity contribution >= 4 is 6.09 Å². The van der Waals surface area contributed by atoms with Crippen LogP contribution < -0.4 is 5.32 Å². The van der Waals surface area contributed by atoms with Gasteiger partial charge in [0.2, 0.25) is 5.79 Å². The van der Waals surface area contributed by atoms with Crippen molar-refractivity contribution < 1.29 is 29.6 Å². The van der Waals surface area contributed by atoms with E-state index in [2.05, 4.69) is 10.2 Å². The fourth-order valence-electron chi connectivity index (χ4n) is 2.77. The maximum atomic E-state index is 11.0. The topological polar surface area (TPSA) is 111 Å². The quantitative estimate of drug-likeness (QED) is 0.507. The molecule has 2 aliphatic heterocycles. The molecule has 2 saturated heterocycles. The Morgan fingerprint density at radius 2 is 2.05 bits per heavy atom. The van der Waals surface area contributed by atoms with E-state index in [1.807, 2.05) is 0 Å². The summed E-state index contributed by atoms with van der Waals surface area (Å²) in [6.45, 7) is 1.72. The van der Waals surface area contributed by atoms with Crippen LogP contribution >= 0.6 is 0 Å². The molecule has 0 aromatic heterocycles. The summed E-state index contributed by atoms with van der Waals surface area (Å²) in [4.78, 5) is 13.2. The second-order valence-corrected chi connectivity index (χ2v) is 5.62. The number of piperidine rings is 1. The van der Waals surface area contributed by atoms with Crippen molar-refractivity contribution in [2.75, 3.05) is 33.3 Å². The first kappa shape index (κ1) is 16.4. The number of rotatable bonds is 4. The third-order valence-corrected chi connectivity index (χ3v) is 4.02. The molecule has 0 aliphatic carbocycles. The number of ether oxygens (including phenoxy) is 2. The maximum Gasteiger partial charge on any atom is 0.407 e. The molecule has 8 heteroatoms. The lowest BCUT2D eigenvalue weighted by atomic mass is 10.0. The molecule has 0 bridgehead atoms. The van der Waals surface area contributed by atoms with Crippen LogP contribution in [-0.2, 0) is 9.47 Å². The highest BCUT2D eigenvalue weighted by Gasteiger charge is 2.54. The Hall–Kier alpha value is -0.930. The Labute approximate surface area is 123 Å². The Morgan fingerprint density at radius 1 is 1.38 bits per heavy atom. The van der Waals surface area contributed by atoms with Crippen LogP contribution in [0, 0.1) is 0 Å². The van der Waals surface area contributed by atoms with Crippen molar-refractivity contribution in [3.8, 4) is 0 Å². The summed E-state index contributed by atoms with van der Waals surface area (Å²) >= 11 is 0. The number of nitrogens with one attached hydrogen (secondary N) is 1. The number of aliphatic hydroxyl groups excluding tert-OH is 2. The first-order valence-corrected chi connectivity index (χ1v) is 7.29. The molecule has 2 rings (SSSR count). The van der Waals surface area contributed by atoms with Crippen LogP contribution in [0.3, 0.4) is 0 Å². The molecular formula is C13H24N2O6. The molecule has 0 unspecified atom stereocenters. The number of hydrogen-bond donors (Lipinski definition) is 4. The molecule has 0 aromatic carbocycles. The molecular weight excluding hydrogens is 280 g/mol. The van der Waals surface area contributed by atoms with Crippen LogP contribution in [0.5, 0.6) is 0 Å². The average molecular weight is 304 g/mol. The molecule has 8 nitrogen and oxygen atoms in total. The fraction of sp³-hybridized carbons (Fsp3) is 0.923. The molecule has 2 fully saturated rings. The van der Waals surface area contributed by atoms with Gasteiger partial charge in [0, 0.05) is 13.6 Å². The summed E-state index contributed by atoms with van der Waals surface area (Å²) in [5, 5.41) is 32.4. The molecule has 4 N–H and O–H groups in total. The number of aliphatic hydroxyl groups is 3. The molecule has 1 amide bonds. The van der Waals surface area contributed by atoms with Crippen molar-refractivity contribution in [3.05, 3.63) is 0 Å². The zero-order valence-electron chi connectivity index (χ0n) is 12.2. The van der Waals surface area contributed by atoms with Crippen molar-refractivity contribution in [1.29, 1.82) is 0 Å². The molecule has 0 spiro atoms. The lowest BCUT2D eigenvalue weighted by Gasteiger charge is -2.30. The normalized spacial score (nSPS) is 37.4. The van der Waals surface area contributed by atoms with E-state index < -0.39 is 36.8 Å². The summed E-state index contributed by atoms with van der Waals surface area (Å²) in [5.41, 5.74) is 0. The molecule has 21 heavy (non-hydrogen) atoms. The Balaban J connectivity index is 1.91. The predicted octanol–water partition coefficient (Wildman–Crippen LogP) is -1.36. The first-order chi connectivity index (χ1) is 9.96. The van der Waals surface area contributed by atoms with Crippen LogP contribution in [0.2, 0.25) is 0 Å². The van der Waals surface area contributed by atoms with Gasteiger partial charge in [-0.3, -0.25) is 0 Å². The van der Waals surface area contributed by atoms with Crippen LogP contribution in [0.1, 0.15) is 19.3 Å². The zero-order valence-corrected chi connectivity index (χ0v) is 12.2. The molecule has 4 atom stereocenters. The molecule has 2 aliphatic rings. The predicted molar refractivity (Wildman–Crippen MR) is 72.5 cm³/mol. The number of hydrogen-bond acceptors (Lipinski definition) is 7. The van der Waals surface area contributed by atoms with Crippen LogP contribution in [0.25, 0.3) is 0 Å². The third-order valence-electron chi connectivity index (χ3n) is 4.02. The van der Waals surface area contributed by atoms with Gasteiger partial charge >= 0.3 is 6.09 Å². The third kappa shape index (κ3) is 3.83. The van der Waals surface area contributed by atoms with E-state index in [9.17, 15) is 20.1 Å². The highest BCUT2D eigenvalue weighted by Crippen LogP contribution is 2.30. The van der Waals surface area contributed by atoms with Gasteiger partial charge in [0.1, 0.15) is 24.9 Å². The molecule has 2 heterocycles. The average Bonchev–Trinajstić information content (AvgIpc) is 2.71.